The van der Waals surface area contributed by atoms with Gasteiger partial charge in [-0.15, -0.1) is 0 Å². The van der Waals surface area contributed by atoms with Crippen molar-refractivity contribution in [3.63, 3.8) is 0 Å². The van der Waals surface area contributed by atoms with E-state index in [4.69, 9.17) is 5.73 Å². The zero-order valence-electron chi connectivity index (χ0n) is 8.73. The molecule has 2 rings (SSSR count). The van der Waals surface area contributed by atoms with Gasteiger partial charge >= 0.3 is 0 Å². The molecule has 1 amide bonds. The molecule has 0 bridgehead atoms. The number of nitrogens with zero attached hydrogens (tertiary/aromatic N) is 1. The maximum Gasteiger partial charge on any atom is 0.253 e. The SMILES string of the molecule is NC[C@@H]1CCN(C(=O)c2ccccc2)C1. The highest BCUT2D eigenvalue weighted by molar-refractivity contribution is 5.94. The molecule has 1 aromatic rings. The summed E-state index contributed by atoms with van der Waals surface area (Å²) in [5.74, 6) is 0.615. The van der Waals surface area contributed by atoms with Crippen LogP contribution in [-0.2, 0) is 0 Å². The molecule has 0 aromatic heterocycles. The van der Waals surface area contributed by atoms with Crippen LogP contribution in [0.3, 0.4) is 0 Å². The molecule has 0 saturated carbocycles. The number of amides is 1. The van der Waals surface area contributed by atoms with Gasteiger partial charge in [0.05, 0.1) is 0 Å². The van der Waals surface area contributed by atoms with Gasteiger partial charge in [0.1, 0.15) is 0 Å². The Bertz CT molecular complexity index is 337. The van der Waals surface area contributed by atoms with E-state index in [1.165, 1.54) is 0 Å². The fourth-order valence-electron chi connectivity index (χ4n) is 1.97. The monoisotopic (exact) mass is 204 g/mol. The molecule has 2 N–H and O–H groups in total. The van der Waals surface area contributed by atoms with Gasteiger partial charge in [0, 0.05) is 18.7 Å². The van der Waals surface area contributed by atoms with E-state index in [-0.39, 0.29) is 5.91 Å². The molecule has 1 fully saturated rings. The molecule has 1 aromatic carbocycles. The van der Waals surface area contributed by atoms with E-state index < -0.39 is 0 Å². The molecule has 0 unspecified atom stereocenters. The number of hydrogen-bond acceptors (Lipinski definition) is 2. The molecule has 3 heteroatoms. The highest BCUT2D eigenvalue weighted by Gasteiger charge is 2.25. The molecule has 1 aliphatic rings. The summed E-state index contributed by atoms with van der Waals surface area (Å²) < 4.78 is 0. The average molecular weight is 204 g/mol. The quantitative estimate of drug-likeness (QED) is 0.784. The molecule has 0 spiro atoms. The average Bonchev–Trinajstić information content (AvgIpc) is 2.78. The van der Waals surface area contributed by atoms with Crippen molar-refractivity contribution < 1.29 is 4.79 Å². The lowest BCUT2D eigenvalue weighted by Gasteiger charge is -2.16. The number of carbonyl (C=O) groups is 1. The van der Waals surface area contributed by atoms with Gasteiger partial charge < -0.3 is 10.6 Å². The third kappa shape index (κ3) is 2.18. The van der Waals surface area contributed by atoms with Crippen molar-refractivity contribution in [2.45, 2.75) is 6.42 Å². The summed E-state index contributed by atoms with van der Waals surface area (Å²) in [6.07, 6.45) is 1.04. The van der Waals surface area contributed by atoms with Crippen molar-refractivity contribution in [1.82, 2.24) is 4.90 Å². The van der Waals surface area contributed by atoms with Crippen molar-refractivity contribution in [3.8, 4) is 0 Å². The maximum atomic E-state index is 12.0. The first-order valence-electron chi connectivity index (χ1n) is 5.35. The van der Waals surface area contributed by atoms with E-state index in [0.717, 1.165) is 25.1 Å². The third-order valence-electron chi connectivity index (χ3n) is 2.93. The van der Waals surface area contributed by atoms with E-state index >= 15 is 0 Å². The van der Waals surface area contributed by atoms with E-state index in [0.29, 0.717) is 12.5 Å². The summed E-state index contributed by atoms with van der Waals surface area (Å²) >= 11 is 0. The van der Waals surface area contributed by atoms with Crippen LogP contribution in [-0.4, -0.2) is 30.4 Å². The molecular weight excluding hydrogens is 188 g/mol. The summed E-state index contributed by atoms with van der Waals surface area (Å²) in [7, 11) is 0. The van der Waals surface area contributed by atoms with E-state index in [9.17, 15) is 4.79 Å². The second-order valence-electron chi connectivity index (χ2n) is 4.01. The number of benzene rings is 1. The predicted molar refractivity (Wildman–Crippen MR) is 59.5 cm³/mol. The van der Waals surface area contributed by atoms with Gasteiger partial charge in [0.25, 0.3) is 5.91 Å². The summed E-state index contributed by atoms with van der Waals surface area (Å²) in [4.78, 5) is 13.9. The minimum Gasteiger partial charge on any atom is -0.338 e. The van der Waals surface area contributed by atoms with Crippen LogP contribution in [0.4, 0.5) is 0 Å². The molecule has 1 heterocycles. The van der Waals surface area contributed by atoms with Crippen molar-refractivity contribution in [1.29, 1.82) is 0 Å². The number of nitrogens with two attached hydrogens (primary N) is 1. The Hall–Kier alpha value is -1.35. The normalized spacial score (nSPS) is 20.6. The molecule has 1 aliphatic heterocycles. The van der Waals surface area contributed by atoms with Gasteiger partial charge in [0.15, 0.2) is 0 Å². The Kier molecular flexibility index (Phi) is 3.02. The molecule has 80 valence electrons. The molecule has 15 heavy (non-hydrogen) atoms. The van der Waals surface area contributed by atoms with Crippen molar-refractivity contribution >= 4 is 5.91 Å². The minimum absolute atomic E-state index is 0.131. The fourth-order valence-corrected chi connectivity index (χ4v) is 1.97. The molecule has 1 atom stereocenters. The Morgan fingerprint density at radius 3 is 2.73 bits per heavy atom. The van der Waals surface area contributed by atoms with Crippen molar-refractivity contribution in [3.05, 3.63) is 35.9 Å². The summed E-state index contributed by atoms with van der Waals surface area (Å²) in [5, 5.41) is 0. The Morgan fingerprint density at radius 1 is 1.40 bits per heavy atom. The van der Waals surface area contributed by atoms with Gasteiger partial charge in [-0.25, -0.2) is 0 Å². The number of hydrogen-bond donors (Lipinski definition) is 1. The van der Waals surface area contributed by atoms with Gasteiger partial charge in [-0.1, -0.05) is 18.2 Å². The largest absolute Gasteiger partial charge is 0.338 e. The van der Waals surface area contributed by atoms with E-state index in [2.05, 4.69) is 0 Å². The second kappa shape index (κ2) is 4.45. The predicted octanol–water partition coefficient (Wildman–Crippen LogP) is 1.11. The summed E-state index contributed by atoms with van der Waals surface area (Å²) in [5.41, 5.74) is 6.37. The van der Waals surface area contributed by atoms with Crippen LogP contribution in [0.25, 0.3) is 0 Å². The number of carbonyl (C=O) groups excluding carboxylic acids is 1. The van der Waals surface area contributed by atoms with Gasteiger partial charge in [-0.2, -0.15) is 0 Å². The molecule has 3 nitrogen and oxygen atoms in total. The Morgan fingerprint density at radius 2 is 2.13 bits per heavy atom. The smallest absolute Gasteiger partial charge is 0.253 e. The van der Waals surface area contributed by atoms with Crippen LogP contribution < -0.4 is 5.73 Å². The van der Waals surface area contributed by atoms with Crippen LogP contribution in [0, 0.1) is 5.92 Å². The van der Waals surface area contributed by atoms with Crippen molar-refractivity contribution in [2.24, 2.45) is 11.7 Å². The molecule has 0 radical (unpaired) electrons. The van der Waals surface area contributed by atoms with Crippen LogP contribution in [0.5, 0.6) is 0 Å². The van der Waals surface area contributed by atoms with Gasteiger partial charge in [-0.3, -0.25) is 4.79 Å². The first-order valence-corrected chi connectivity index (χ1v) is 5.35. The Balaban J connectivity index is 2.04. The maximum absolute atomic E-state index is 12.0. The lowest BCUT2D eigenvalue weighted by Crippen LogP contribution is -2.29. The minimum atomic E-state index is 0.131. The standard InChI is InChI=1S/C12H16N2O/c13-8-10-6-7-14(9-10)12(15)11-4-2-1-3-5-11/h1-5,10H,6-9,13H2/t10-/m0/s1. The highest BCUT2D eigenvalue weighted by Crippen LogP contribution is 2.17. The zero-order chi connectivity index (χ0) is 10.7. The Labute approximate surface area is 89.9 Å². The fraction of sp³-hybridized carbons (Fsp3) is 0.417. The van der Waals surface area contributed by atoms with Crippen LogP contribution >= 0.6 is 0 Å². The third-order valence-corrected chi connectivity index (χ3v) is 2.93. The van der Waals surface area contributed by atoms with Gasteiger partial charge in [-0.05, 0) is 31.0 Å². The topological polar surface area (TPSA) is 46.3 Å². The molecular formula is C12H16N2O. The van der Waals surface area contributed by atoms with Crippen LogP contribution in [0.2, 0.25) is 0 Å². The molecule has 0 aliphatic carbocycles. The lowest BCUT2D eigenvalue weighted by atomic mass is 10.1. The first kappa shape index (κ1) is 10.2. The number of likely N-dealkylation sites (tertiary alicyclic amines) is 1. The zero-order valence-corrected chi connectivity index (χ0v) is 8.73. The van der Waals surface area contributed by atoms with Crippen molar-refractivity contribution in [2.75, 3.05) is 19.6 Å². The molecule has 1 saturated heterocycles. The summed E-state index contributed by atoms with van der Waals surface area (Å²) in [6, 6.07) is 9.42. The second-order valence-corrected chi connectivity index (χ2v) is 4.01. The van der Waals surface area contributed by atoms with Gasteiger partial charge in [0.2, 0.25) is 0 Å². The van der Waals surface area contributed by atoms with E-state index in [1.54, 1.807) is 0 Å². The first-order chi connectivity index (χ1) is 7.31. The van der Waals surface area contributed by atoms with E-state index in [1.807, 2.05) is 35.2 Å². The van der Waals surface area contributed by atoms with Crippen LogP contribution in [0.15, 0.2) is 30.3 Å². The van der Waals surface area contributed by atoms with Crippen LogP contribution in [0.1, 0.15) is 16.8 Å². The lowest BCUT2D eigenvalue weighted by molar-refractivity contribution is 0.0787. The highest BCUT2D eigenvalue weighted by atomic mass is 16.2. The summed E-state index contributed by atoms with van der Waals surface area (Å²) in [6.45, 7) is 2.33. The number of rotatable bonds is 2.